The molecular formula is C12H15FO. The zero-order valence-electron chi connectivity index (χ0n) is 8.82. The van der Waals surface area contributed by atoms with E-state index < -0.39 is 5.60 Å². The van der Waals surface area contributed by atoms with E-state index in [0.29, 0.717) is 24.0 Å². The van der Waals surface area contributed by atoms with Crippen LogP contribution < -0.4 is 0 Å². The van der Waals surface area contributed by atoms with Crippen molar-refractivity contribution in [2.75, 3.05) is 0 Å². The lowest BCUT2D eigenvalue weighted by molar-refractivity contribution is 0.145. The van der Waals surface area contributed by atoms with Crippen LogP contribution in [0.5, 0.6) is 0 Å². The Balaban J connectivity index is 2.68. The van der Waals surface area contributed by atoms with Gasteiger partial charge in [0.05, 0.1) is 5.60 Å². The Morgan fingerprint density at radius 2 is 1.79 bits per heavy atom. The average molecular weight is 194 g/mol. The molecule has 0 heterocycles. The van der Waals surface area contributed by atoms with Crippen molar-refractivity contribution in [1.82, 2.24) is 0 Å². The van der Waals surface area contributed by atoms with Gasteiger partial charge in [-0.05, 0) is 50.3 Å². The Morgan fingerprint density at radius 1 is 1.21 bits per heavy atom. The Kier molecular flexibility index (Phi) is 1.93. The molecule has 1 nitrogen and oxygen atoms in total. The largest absolute Gasteiger partial charge is 0.385 e. The van der Waals surface area contributed by atoms with Gasteiger partial charge < -0.3 is 5.11 Å². The first-order chi connectivity index (χ1) is 6.46. The number of benzene rings is 1. The van der Waals surface area contributed by atoms with E-state index in [-0.39, 0.29) is 5.82 Å². The predicted molar refractivity (Wildman–Crippen MR) is 53.7 cm³/mol. The molecule has 0 saturated heterocycles. The van der Waals surface area contributed by atoms with Crippen molar-refractivity contribution in [3.8, 4) is 0 Å². The second-order valence-corrected chi connectivity index (χ2v) is 4.36. The van der Waals surface area contributed by atoms with Crippen LogP contribution in [0.1, 0.15) is 35.1 Å². The van der Waals surface area contributed by atoms with E-state index >= 15 is 0 Å². The first-order valence-corrected chi connectivity index (χ1v) is 4.95. The molecular weight excluding hydrogens is 179 g/mol. The second kappa shape index (κ2) is 2.80. The van der Waals surface area contributed by atoms with Gasteiger partial charge in [0, 0.05) is 5.56 Å². The van der Waals surface area contributed by atoms with Gasteiger partial charge in [-0.1, -0.05) is 6.07 Å². The van der Waals surface area contributed by atoms with Crippen molar-refractivity contribution in [3.05, 3.63) is 34.1 Å². The Labute approximate surface area is 83.6 Å². The molecule has 0 radical (unpaired) electrons. The van der Waals surface area contributed by atoms with Crippen LogP contribution in [0.4, 0.5) is 4.39 Å². The van der Waals surface area contributed by atoms with E-state index in [2.05, 4.69) is 0 Å². The standard InChI is InChI=1S/C12H15FO/c1-7-6-8(2)11(13)10(9(7)3)12(14)4-5-12/h6,14H,4-5H2,1-3H3. The van der Waals surface area contributed by atoms with Crippen molar-refractivity contribution in [3.63, 3.8) is 0 Å². The van der Waals surface area contributed by atoms with Crippen LogP contribution in [-0.4, -0.2) is 5.11 Å². The number of aryl methyl sites for hydroxylation is 2. The minimum Gasteiger partial charge on any atom is -0.385 e. The highest BCUT2D eigenvalue weighted by molar-refractivity contribution is 5.44. The number of hydrogen-bond acceptors (Lipinski definition) is 1. The van der Waals surface area contributed by atoms with Gasteiger partial charge in [0.25, 0.3) is 0 Å². The summed E-state index contributed by atoms with van der Waals surface area (Å²) < 4.78 is 13.8. The van der Waals surface area contributed by atoms with Gasteiger partial charge in [-0.3, -0.25) is 0 Å². The van der Waals surface area contributed by atoms with Crippen molar-refractivity contribution in [1.29, 1.82) is 0 Å². The number of hydrogen-bond donors (Lipinski definition) is 1. The molecule has 1 saturated carbocycles. The quantitative estimate of drug-likeness (QED) is 0.728. The summed E-state index contributed by atoms with van der Waals surface area (Å²) in [4.78, 5) is 0. The van der Waals surface area contributed by atoms with E-state index in [1.54, 1.807) is 6.92 Å². The minimum absolute atomic E-state index is 0.229. The Morgan fingerprint density at radius 3 is 2.29 bits per heavy atom. The monoisotopic (exact) mass is 194 g/mol. The van der Waals surface area contributed by atoms with E-state index in [0.717, 1.165) is 11.1 Å². The molecule has 2 rings (SSSR count). The molecule has 1 aliphatic rings. The van der Waals surface area contributed by atoms with Gasteiger partial charge >= 0.3 is 0 Å². The summed E-state index contributed by atoms with van der Waals surface area (Å²) in [7, 11) is 0. The molecule has 0 aliphatic heterocycles. The zero-order valence-corrected chi connectivity index (χ0v) is 8.82. The van der Waals surface area contributed by atoms with Gasteiger partial charge in [-0.15, -0.1) is 0 Å². The third-order valence-electron chi connectivity index (χ3n) is 3.15. The van der Waals surface area contributed by atoms with Crippen LogP contribution in [-0.2, 0) is 5.60 Å². The molecule has 1 aromatic rings. The van der Waals surface area contributed by atoms with Crippen LogP contribution in [0.25, 0.3) is 0 Å². The van der Waals surface area contributed by atoms with Crippen molar-refractivity contribution in [2.45, 2.75) is 39.2 Å². The van der Waals surface area contributed by atoms with Gasteiger partial charge in [0.15, 0.2) is 0 Å². The topological polar surface area (TPSA) is 20.2 Å². The molecule has 0 amide bonds. The lowest BCUT2D eigenvalue weighted by Gasteiger charge is -2.16. The second-order valence-electron chi connectivity index (χ2n) is 4.36. The number of rotatable bonds is 1. The minimum atomic E-state index is -0.870. The summed E-state index contributed by atoms with van der Waals surface area (Å²) >= 11 is 0. The van der Waals surface area contributed by atoms with Crippen LogP contribution in [0.15, 0.2) is 6.07 Å². The summed E-state index contributed by atoms with van der Waals surface area (Å²) in [6.07, 6.45) is 1.38. The van der Waals surface area contributed by atoms with E-state index in [4.69, 9.17) is 0 Å². The van der Waals surface area contributed by atoms with Crippen LogP contribution >= 0.6 is 0 Å². The normalized spacial score (nSPS) is 18.4. The molecule has 14 heavy (non-hydrogen) atoms. The molecule has 0 unspecified atom stereocenters. The van der Waals surface area contributed by atoms with Crippen LogP contribution in [0.2, 0.25) is 0 Å². The Hall–Kier alpha value is -0.890. The molecule has 0 spiro atoms. The fourth-order valence-electron chi connectivity index (χ4n) is 1.98. The summed E-state index contributed by atoms with van der Waals surface area (Å²) in [6.45, 7) is 5.58. The fourth-order valence-corrected chi connectivity index (χ4v) is 1.98. The number of halogens is 1. The van der Waals surface area contributed by atoms with Gasteiger partial charge in [0.2, 0.25) is 0 Å². The zero-order chi connectivity index (χ0) is 10.5. The molecule has 2 heteroatoms. The summed E-state index contributed by atoms with van der Waals surface area (Å²) in [5.74, 6) is -0.229. The molecule has 1 fully saturated rings. The highest BCUT2D eigenvalue weighted by Gasteiger charge is 2.45. The predicted octanol–water partition coefficient (Wildman–Crippen LogP) is 2.73. The van der Waals surface area contributed by atoms with Crippen LogP contribution in [0.3, 0.4) is 0 Å². The molecule has 0 bridgehead atoms. The van der Waals surface area contributed by atoms with Gasteiger partial charge in [-0.2, -0.15) is 0 Å². The van der Waals surface area contributed by atoms with E-state index in [9.17, 15) is 9.50 Å². The maximum Gasteiger partial charge on any atom is 0.132 e. The Bertz CT molecular complexity index is 366. The number of aliphatic hydroxyl groups is 1. The third kappa shape index (κ3) is 1.25. The molecule has 1 N–H and O–H groups in total. The van der Waals surface area contributed by atoms with Gasteiger partial charge in [0.1, 0.15) is 5.82 Å². The maximum absolute atomic E-state index is 13.8. The van der Waals surface area contributed by atoms with Crippen molar-refractivity contribution >= 4 is 0 Å². The lowest BCUT2D eigenvalue weighted by atomic mass is 9.94. The summed E-state index contributed by atoms with van der Waals surface area (Å²) in [5.41, 5.74) is 2.23. The van der Waals surface area contributed by atoms with Gasteiger partial charge in [-0.25, -0.2) is 4.39 Å². The van der Waals surface area contributed by atoms with E-state index in [1.165, 1.54) is 0 Å². The first kappa shape index (κ1) is 9.66. The average Bonchev–Trinajstić information content (AvgIpc) is 2.81. The lowest BCUT2D eigenvalue weighted by Crippen LogP contribution is -2.12. The molecule has 0 aromatic heterocycles. The molecule has 76 valence electrons. The summed E-state index contributed by atoms with van der Waals surface area (Å²) in [6, 6.07) is 1.83. The molecule has 1 aromatic carbocycles. The third-order valence-corrected chi connectivity index (χ3v) is 3.15. The SMILES string of the molecule is Cc1cc(C)c(F)c(C2(O)CC2)c1C. The highest BCUT2D eigenvalue weighted by Crippen LogP contribution is 2.48. The maximum atomic E-state index is 13.8. The molecule has 0 atom stereocenters. The highest BCUT2D eigenvalue weighted by atomic mass is 19.1. The van der Waals surface area contributed by atoms with Crippen molar-refractivity contribution in [2.24, 2.45) is 0 Å². The van der Waals surface area contributed by atoms with E-state index in [1.807, 2.05) is 19.9 Å². The summed E-state index contributed by atoms with van der Waals surface area (Å²) in [5, 5.41) is 9.97. The first-order valence-electron chi connectivity index (χ1n) is 4.95. The fraction of sp³-hybridized carbons (Fsp3) is 0.500. The van der Waals surface area contributed by atoms with Crippen LogP contribution in [0, 0.1) is 26.6 Å². The molecule has 1 aliphatic carbocycles. The van der Waals surface area contributed by atoms with Crippen molar-refractivity contribution < 1.29 is 9.50 Å². The smallest absolute Gasteiger partial charge is 0.132 e.